The molecular weight excluding hydrogens is 546 g/mol. The number of methoxy groups -OCH3 is 2. The molecule has 4 rings (SSSR count). The van der Waals surface area contributed by atoms with Gasteiger partial charge in [-0.05, 0) is 61.6 Å². The van der Waals surface area contributed by atoms with Gasteiger partial charge >= 0.3 is 5.97 Å². The Morgan fingerprint density at radius 1 is 0.884 bits per heavy atom. The molecule has 0 spiro atoms. The fourth-order valence-electron chi connectivity index (χ4n) is 5.30. The summed E-state index contributed by atoms with van der Waals surface area (Å²) in [5.74, 6) is -0.234. The standard InChI is InChI=1S/C34H39N3O6/c1-23-18-30(42-2)26(31(19-23)43-3)15-8-5-11-17-35-33(40)27(20-24-12-6-4-7-13-24)36-34(41)29-21-25-14-9-10-16-28(25)37(29)22-32(38)39/h4,6-7,9-10,12-14,16,18-19,21,27H,5,8,11,15,17,20,22H2,1-3H3,(H,35,40)(H,36,41)(H,38,39)/t27-/m1/s1. The van der Waals surface area contributed by atoms with Gasteiger partial charge in [0.25, 0.3) is 5.91 Å². The van der Waals surface area contributed by atoms with Crippen LogP contribution in [0.1, 0.15) is 46.4 Å². The molecule has 9 heteroatoms. The number of ether oxygens (including phenoxy) is 2. The highest BCUT2D eigenvalue weighted by atomic mass is 16.5. The SMILES string of the molecule is COc1cc(C)cc(OC)c1CCCCCNC(=O)[C@@H](Cc1ccccc1)NC(=O)c1cc2ccccc2n1CC(=O)O. The van der Waals surface area contributed by atoms with Gasteiger partial charge in [0.05, 0.1) is 14.2 Å². The lowest BCUT2D eigenvalue weighted by Gasteiger charge is -2.19. The Morgan fingerprint density at radius 3 is 2.23 bits per heavy atom. The van der Waals surface area contributed by atoms with Crippen LogP contribution in [0.4, 0.5) is 0 Å². The third-order valence-corrected chi connectivity index (χ3v) is 7.40. The predicted octanol–water partition coefficient (Wildman–Crippen LogP) is 4.92. The molecule has 0 aliphatic carbocycles. The van der Waals surface area contributed by atoms with E-state index in [1.807, 2.05) is 61.5 Å². The number of hydrogen-bond acceptors (Lipinski definition) is 5. The molecule has 0 radical (unpaired) electrons. The van der Waals surface area contributed by atoms with E-state index in [4.69, 9.17) is 9.47 Å². The van der Waals surface area contributed by atoms with E-state index in [1.165, 1.54) is 4.57 Å². The Balaban J connectivity index is 1.39. The minimum absolute atomic E-state index is 0.191. The van der Waals surface area contributed by atoms with Crippen LogP contribution in [0.25, 0.3) is 10.9 Å². The fraction of sp³-hybridized carbons (Fsp3) is 0.324. The molecule has 1 atom stereocenters. The number of nitrogens with one attached hydrogen (secondary N) is 2. The van der Waals surface area contributed by atoms with Gasteiger partial charge in [0.1, 0.15) is 29.8 Å². The first kappa shape index (κ1) is 31.2. The summed E-state index contributed by atoms with van der Waals surface area (Å²) in [5.41, 5.74) is 3.83. The van der Waals surface area contributed by atoms with Crippen LogP contribution in [0.3, 0.4) is 0 Å². The van der Waals surface area contributed by atoms with Crippen LogP contribution in [0.2, 0.25) is 0 Å². The predicted molar refractivity (Wildman–Crippen MR) is 166 cm³/mol. The Morgan fingerprint density at radius 2 is 1.56 bits per heavy atom. The molecule has 226 valence electrons. The summed E-state index contributed by atoms with van der Waals surface area (Å²) in [6.07, 6.45) is 3.62. The molecule has 0 saturated carbocycles. The number of rotatable bonds is 15. The summed E-state index contributed by atoms with van der Waals surface area (Å²) in [5, 5.41) is 16.1. The zero-order valence-corrected chi connectivity index (χ0v) is 24.9. The van der Waals surface area contributed by atoms with E-state index >= 15 is 0 Å². The number of aromatic nitrogens is 1. The van der Waals surface area contributed by atoms with Crippen molar-refractivity contribution in [3.63, 3.8) is 0 Å². The van der Waals surface area contributed by atoms with Gasteiger partial charge in [-0.15, -0.1) is 0 Å². The third kappa shape index (κ3) is 8.16. The van der Waals surface area contributed by atoms with Gasteiger partial charge in [0.2, 0.25) is 5.91 Å². The van der Waals surface area contributed by atoms with Gasteiger partial charge in [-0.3, -0.25) is 14.4 Å². The van der Waals surface area contributed by atoms with Gasteiger partial charge < -0.3 is 29.8 Å². The van der Waals surface area contributed by atoms with Gasteiger partial charge in [-0.2, -0.15) is 0 Å². The number of aryl methyl sites for hydroxylation is 1. The Bertz CT molecular complexity index is 1540. The maximum Gasteiger partial charge on any atom is 0.323 e. The lowest BCUT2D eigenvalue weighted by molar-refractivity contribution is -0.137. The molecule has 0 bridgehead atoms. The number of para-hydroxylation sites is 1. The topological polar surface area (TPSA) is 119 Å². The molecule has 1 heterocycles. The Hall–Kier alpha value is -4.79. The van der Waals surface area contributed by atoms with Crippen LogP contribution in [0, 0.1) is 6.92 Å². The molecule has 1 aromatic heterocycles. The average molecular weight is 586 g/mol. The van der Waals surface area contributed by atoms with Crippen LogP contribution in [0.5, 0.6) is 11.5 Å². The molecule has 9 nitrogen and oxygen atoms in total. The molecule has 0 aliphatic rings. The first-order valence-electron chi connectivity index (χ1n) is 14.4. The molecule has 3 aromatic carbocycles. The van der Waals surface area contributed by atoms with E-state index in [1.54, 1.807) is 32.4 Å². The van der Waals surface area contributed by atoms with Crippen molar-refractivity contribution < 1.29 is 29.0 Å². The van der Waals surface area contributed by atoms with Crippen molar-refractivity contribution in [2.45, 2.75) is 51.6 Å². The minimum Gasteiger partial charge on any atom is -0.496 e. The second-order valence-corrected chi connectivity index (χ2v) is 10.5. The number of fused-ring (bicyclic) bond motifs is 1. The van der Waals surface area contributed by atoms with Crippen LogP contribution >= 0.6 is 0 Å². The van der Waals surface area contributed by atoms with E-state index in [2.05, 4.69) is 10.6 Å². The summed E-state index contributed by atoms with van der Waals surface area (Å²) >= 11 is 0. The fourth-order valence-corrected chi connectivity index (χ4v) is 5.30. The molecular formula is C34H39N3O6. The number of unbranched alkanes of at least 4 members (excludes halogenated alkanes) is 2. The number of carbonyl (C=O) groups is 3. The van der Waals surface area contributed by atoms with Crippen LogP contribution in [-0.4, -0.2) is 54.3 Å². The van der Waals surface area contributed by atoms with Crippen molar-refractivity contribution in [3.8, 4) is 11.5 Å². The smallest absolute Gasteiger partial charge is 0.323 e. The zero-order valence-electron chi connectivity index (χ0n) is 24.9. The lowest BCUT2D eigenvalue weighted by Crippen LogP contribution is -2.48. The summed E-state index contributed by atoms with van der Waals surface area (Å²) in [6, 6.07) is 21.5. The molecule has 0 aliphatic heterocycles. The second kappa shape index (κ2) is 14.9. The maximum absolute atomic E-state index is 13.5. The number of aliphatic carboxylic acids is 1. The van der Waals surface area contributed by atoms with Crippen LogP contribution in [-0.2, 0) is 29.0 Å². The number of nitrogens with zero attached hydrogens (tertiary/aromatic N) is 1. The molecule has 3 N–H and O–H groups in total. The first-order valence-corrected chi connectivity index (χ1v) is 14.4. The number of carboxylic acid groups (broad SMARTS) is 1. The van der Waals surface area contributed by atoms with E-state index in [-0.39, 0.29) is 18.1 Å². The first-order chi connectivity index (χ1) is 20.8. The van der Waals surface area contributed by atoms with E-state index in [0.29, 0.717) is 18.5 Å². The van der Waals surface area contributed by atoms with Gasteiger partial charge in [0, 0.05) is 29.4 Å². The van der Waals surface area contributed by atoms with E-state index in [0.717, 1.165) is 59.3 Å². The lowest BCUT2D eigenvalue weighted by atomic mass is 10.0. The zero-order chi connectivity index (χ0) is 30.8. The Labute approximate surface area is 251 Å². The van der Waals surface area contributed by atoms with E-state index < -0.39 is 17.9 Å². The van der Waals surface area contributed by atoms with Crippen LogP contribution in [0.15, 0.2) is 72.8 Å². The van der Waals surface area contributed by atoms with Crippen molar-refractivity contribution in [2.75, 3.05) is 20.8 Å². The molecule has 0 unspecified atom stereocenters. The third-order valence-electron chi connectivity index (χ3n) is 7.40. The highest BCUT2D eigenvalue weighted by Gasteiger charge is 2.25. The summed E-state index contributed by atoms with van der Waals surface area (Å²) in [7, 11) is 3.31. The number of amides is 2. The number of benzene rings is 3. The summed E-state index contributed by atoms with van der Waals surface area (Å²) in [4.78, 5) is 38.4. The van der Waals surface area contributed by atoms with Gasteiger partial charge in [-0.25, -0.2) is 0 Å². The quantitative estimate of drug-likeness (QED) is 0.170. The Kier molecular flexibility index (Phi) is 10.8. The second-order valence-electron chi connectivity index (χ2n) is 10.5. The molecule has 4 aromatic rings. The highest BCUT2D eigenvalue weighted by Crippen LogP contribution is 2.31. The maximum atomic E-state index is 13.5. The summed E-state index contributed by atoms with van der Waals surface area (Å²) in [6.45, 7) is 2.09. The van der Waals surface area contributed by atoms with E-state index in [9.17, 15) is 19.5 Å². The average Bonchev–Trinajstić information content (AvgIpc) is 3.36. The summed E-state index contributed by atoms with van der Waals surface area (Å²) < 4.78 is 12.6. The van der Waals surface area contributed by atoms with Gasteiger partial charge in [0.15, 0.2) is 0 Å². The molecule has 0 saturated heterocycles. The van der Waals surface area contributed by atoms with Crippen LogP contribution < -0.4 is 20.1 Å². The van der Waals surface area contributed by atoms with Crippen molar-refractivity contribution in [2.24, 2.45) is 0 Å². The van der Waals surface area contributed by atoms with Gasteiger partial charge in [-0.1, -0.05) is 55.0 Å². The molecule has 2 amide bonds. The minimum atomic E-state index is -1.06. The van der Waals surface area contributed by atoms with Crippen molar-refractivity contribution in [1.29, 1.82) is 0 Å². The normalized spacial score (nSPS) is 11.6. The van der Waals surface area contributed by atoms with Crippen molar-refractivity contribution in [3.05, 3.63) is 95.2 Å². The molecule has 0 fully saturated rings. The number of carbonyl (C=O) groups excluding carboxylic acids is 2. The largest absolute Gasteiger partial charge is 0.496 e. The van der Waals surface area contributed by atoms with Crippen molar-refractivity contribution in [1.82, 2.24) is 15.2 Å². The highest BCUT2D eigenvalue weighted by molar-refractivity contribution is 6.01. The monoisotopic (exact) mass is 585 g/mol. The number of hydrogen-bond donors (Lipinski definition) is 3. The molecule has 43 heavy (non-hydrogen) atoms. The number of carboxylic acids is 1. The van der Waals surface area contributed by atoms with Crippen molar-refractivity contribution >= 4 is 28.7 Å².